The number of unbranched alkanes of at least 4 members (excludes halogenated alkanes) is 3. The van der Waals surface area contributed by atoms with E-state index in [1.54, 1.807) is 24.4 Å². The van der Waals surface area contributed by atoms with E-state index in [0.29, 0.717) is 11.8 Å². The molecule has 0 heterocycles. The molecule has 0 saturated carbocycles. The molecular formula is C24H44Sn. The van der Waals surface area contributed by atoms with Gasteiger partial charge in [-0.2, -0.15) is 0 Å². The zero-order chi connectivity index (χ0) is 18.9. The molecule has 144 valence electrons. The summed E-state index contributed by atoms with van der Waals surface area (Å²) in [7, 11) is 0. The summed E-state index contributed by atoms with van der Waals surface area (Å²) in [5, 5.41) is 0. The van der Waals surface area contributed by atoms with Crippen LogP contribution in [0.1, 0.15) is 110 Å². The van der Waals surface area contributed by atoms with Gasteiger partial charge in [-0.25, -0.2) is 0 Å². The quantitative estimate of drug-likeness (QED) is 0.283. The predicted molar refractivity (Wildman–Crippen MR) is 119 cm³/mol. The first kappa shape index (κ1) is 23.1. The van der Waals surface area contributed by atoms with Crippen molar-refractivity contribution in [2.24, 2.45) is 0 Å². The third-order valence-electron chi connectivity index (χ3n) is 5.93. The van der Waals surface area contributed by atoms with E-state index in [2.05, 4.69) is 66.7 Å². The van der Waals surface area contributed by atoms with Crippen molar-refractivity contribution < 1.29 is 0 Å². The van der Waals surface area contributed by atoms with Crippen molar-refractivity contribution in [1.82, 2.24) is 0 Å². The second-order valence-corrected chi connectivity index (χ2v) is 21.7. The Balaban J connectivity index is 3.58. The standard InChI is InChI=1S/C12H17.3C4H9.Sn/c1-9(2)11-6-5-7-12(8-11)10(3)4;3*1-3-4-2;/h5-7,9-10H,1-4H3;3*1,3-4H2,2H3;. The van der Waals surface area contributed by atoms with Crippen molar-refractivity contribution in [3.05, 3.63) is 29.3 Å². The zero-order valence-electron chi connectivity index (χ0n) is 18.3. The normalized spacial score (nSPS) is 12.4. The van der Waals surface area contributed by atoms with Gasteiger partial charge in [0.15, 0.2) is 0 Å². The summed E-state index contributed by atoms with van der Waals surface area (Å²) in [4.78, 5) is 0. The molecule has 0 aliphatic carbocycles. The van der Waals surface area contributed by atoms with Crippen molar-refractivity contribution in [2.45, 2.75) is 112 Å². The molecule has 25 heavy (non-hydrogen) atoms. The first-order valence-electron chi connectivity index (χ1n) is 11.1. The van der Waals surface area contributed by atoms with E-state index in [1.807, 2.05) is 3.58 Å². The van der Waals surface area contributed by atoms with Gasteiger partial charge in [0.05, 0.1) is 0 Å². The molecule has 0 radical (unpaired) electrons. The molecule has 0 amide bonds. The Morgan fingerprint density at radius 1 is 0.680 bits per heavy atom. The zero-order valence-corrected chi connectivity index (χ0v) is 21.1. The van der Waals surface area contributed by atoms with Gasteiger partial charge in [-0.05, 0) is 0 Å². The van der Waals surface area contributed by atoms with Gasteiger partial charge < -0.3 is 0 Å². The van der Waals surface area contributed by atoms with E-state index in [0.717, 1.165) is 0 Å². The number of benzene rings is 1. The molecule has 1 rings (SSSR count). The van der Waals surface area contributed by atoms with Crippen molar-refractivity contribution in [3.8, 4) is 0 Å². The average Bonchev–Trinajstić information content (AvgIpc) is 2.60. The molecule has 0 N–H and O–H groups in total. The molecule has 0 spiro atoms. The predicted octanol–water partition coefficient (Wildman–Crippen LogP) is 7.99. The second-order valence-electron chi connectivity index (χ2n) is 8.71. The molecule has 0 aromatic heterocycles. The van der Waals surface area contributed by atoms with Crippen LogP contribution < -0.4 is 3.58 Å². The fraction of sp³-hybridized carbons (Fsp3) is 0.750. The molecule has 1 aromatic carbocycles. The summed E-state index contributed by atoms with van der Waals surface area (Å²) in [6.07, 6.45) is 8.43. The molecular weight excluding hydrogens is 407 g/mol. The molecule has 0 bridgehead atoms. The number of rotatable bonds is 12. The summed E-state index contributed by atoms with van der Waals surface area (Å²) < 4.78 is 6.69. The molecule has 0 fully saturated rings. The molecule has 0 unspecified atom stereocenters. The Bertz CT molecular complexity index is 439. The van der Waals surface area contributed by atoms with Crippen LogP contribution in [0.25, 0.3) is 0 Å². The molecule has 0 saturated heterocycles. The summed E-state index contributed by atoms with van der Waals surface area (Å²) >= 11 is -2.39. The van der Waals surface area contributed by atoms with Gasteiger partial charge >= 0.3 is 163 Å². The first-order chi connectivity index (χ1) is 11.9. The fourth-order valence-corrected chi connectivity index (χ4v) is 23.2. The first-order valence-corrected chi connectivity index (χ1v) is 18.5. The van der Waals surface area contributed by atoms with E-state index >= 15 is 0 Å². The van der Waals surface area contributed by atoms with E-state index in [4.69, 9.17) is 0 Å². The van der Waals surface area contributed by atoms with Gasteiger partial charge in [0, 0.05) is 0 Å². The Hall–Kier alpha value is 0.0187. The fourth-order valence-electron chi connectivity index (χ4n) is 4.46. The minimum absolute atomic E-state index is 0.662. The average molecular weight is 451 g/mol. The number of hydrogen-bond donors (Lipinski definition) is 0. The summed E-state index contributed by atoms with van der Waals surface area (Å²) in [6, 6.07) is 7.28. The van der Waals surface area contributed by atoms with Gasteiger partial charge in [0.25, 0.3) is 0 Å². The van der Waals surface area contributed by atoms with Gasteiger partial charge in [-0.3, -0.25) is 0 Å². The van der Waals surface area contributed by atoms with Crippen LogP contribution in [0.15, 0.2) is 18.2 Å². The third-order valence-corrected chi connectivity index (χ3v) is 21.8. The summed E-state index contributed by atoms with van der Waals surface area (Å²) in [5.41, 5.74) is 3.43. The summed E-state index contributed by atoms with van der Waals surface area (Å²) in [5.74, 6) is 1.32. The molecule has 0 aliphatic rings. The van der Waals surface area contributed by atoms with Crippen LogP contribution in [0.3, 0.4) is 0 Å². The number of hydrogen-bond acceptors (Lipinski definition) is 0. The molecule has 0 atom stereocenters. The van der Waals surface area contributed by atoms with Crippen LogP contribution in [-0.2, 0) is 0 Å². The molecule has 1 heteroatoms. The molecule has 0 aliphatic heterocycles. The van der Waals surface area contributed by atoms with Gasteiger partial charge in [0.2, 0.25) is 0 Å². The van der Waals surface area contributed by atoms with E-state index < -0.39 is 18.4 Å². The van der Waals surface area contributed by atoms with Crippen LogP contribution in [0.5, 0.6) is 0 Å². The second kappa shape index (κ2) is 11.7. The monoisotopic (exact) mass is 452 g/mol. The van der Waals surface area contributed by atoms with Crippen LogP contribution in [-0.4, -0.2) is 18.4 Å². The summed E-state index contributed by atoms with van der Waals surface area (Å²) in [6.45, 7) is 16.8. The SMILES string of the molecule is CCC[CH2][Sn]([CH2]CCC)([CH2]CCC)[c]1c(C(C)C)cccc1C(C)C. The Labute approximate surface area is 163 Å². The minimum atomic E-state index is -2.39. The van der Waals surface area contributed by atoms with Crippen LogP contribution >= 0.6 is 0 Å². The van der Waals surface area contributed by atoms with Crippen molar-refractivity contribution >= 4 is 22.0 Å². The third kappa shape index (κ3) is 6.29. The molecule has 0 nitrogen and oxygen atoms in total. The van der Waals surface area contributed by atoms with Crippen LogP contribution in [0, 0.1) is 0 Å². The van der Waals surface area contributed by atoms with Crippen molar-refractivity contribution in [1.29, 1.82) is 0 Å². The van der Waals surface area contributed by atoms with Crippen LogP contribution in [0.4, 0.5) is 0 Å². The van der Waals surface area contributed by atoms with Gasteiger partial charge in [0.1, 0.15) is 0 Å². The van der Waals surface area contributed by atoms with Crippen molar-refractivity contribution in [3.63, 3.8) is 0 Å². The Kier molecular flexibility index (Phi) is 10.8. The van der Waals surface area contributed by atoms with Crippen LogP contribution in [0.2, 0.25) is 13.3 Å². The maximum atomic E-state index is 2.47. The Morgan fingerprint density at radius 2 is 1.04 bits per heavy atom. The topological polar surface area (TPSA) is 0 Å². The molecule has 1 aromatic rings. The van der Waals surface area contributed by atoms with E-state index in [-0.39, 0.29) is 0 Å². The Morgan fingerprint density at radius 3 is 1.32 bits per heavy atom. The van der Waals surface area contributed by atoms with Gasteiger partial charge in [-0.1, -0.05) is 0 Å². The van der Waals surface area contributed by atoms with E-state index in [1.165, 1.54) is 38.5 Å². The van der Waals surface area contributed by atoms with Gasteiger partial charge in [-0.15, -0.1) is 0 Å². The maximum absolute atomic E-state index is 2.47. The van der Waals surface area contributed by atoms with Crippen molar-refractivity contribution in [2.75, 3.05) is 0 Å². The van der Waals surface area contributed by atoms with E-state index in [9.17, 15) is 0 Å².